The van der Waals surface area contributed by atoms with Crippen LogP contribution in [0, 0.1) is 5.41 Å². The largest absolute Gasteiger partial charge is 0.0985 e. The van der Waals surface area contributed by atoms with E-state index in [0.29, 0.717) is 0 Å². The van der Waals surface area contributed by atoms with E-state index >= 15 is 0 Å². The normalized spacial score (nSPS) is 11.2. The molecule has 0 aliphatic heterocycles. The monoisotopic (exact) mass is 276 g/mol. The third kappa shape index (κ3) is 3.95. The Morgan fingerprint density at radius 1 is 0.905 bits per heavy atom. The van der Waals surface area contributed by atoms with E-state index in [1.54, 1.807) is 0 Å². The third-order valence-electron chi connectivity index (χ3n) is 3.83. The Kier molecular flexibility index (Phi) is 4.47. The van der Waals surface area contributed by atoms with E-state index in [2.05, 4.69) is 82.5 Å². The van der Waals surface area contributed by atoms with Crippen LogP contribution in [0.1, 0.15) is 43.0 Å². The third-order valence-corrected chi connectivity index (χ3v) is 3.83. The molecule has 0 atom stereocenters. The van der Waals surface area contributed by atoms with Crippen molar-refractivity contribution in [2.75, 3.05) is 0 Å². The van der Waals surface area contributed by atoms with Gasteiger partial charge in [-0.3, -0.25) is 0 Å². The fourth-order valence-electron chi connectivity index (χ4n) is 2.26. The SMILES string of the molecule is C=Cc1ccc(Cc2ccc(C(=C)C(C)(C)C)cc2)cc1. The molecule has 0 bridgehead atoms. The summed E-state index contributed by atoms with van der Waals surface area (Å²) in [6.07, 6.45) is 2.83. The summed E-state index contributed by atoms with van der Waals surface area (Å²) in [5, 5.41) is 0. The maximum atomic E-state index is 4.22. The van der Waals surface area contributed by atoms with E-state index in [-0.39, 0.29) is 5.41 Å². The summed E-state index contributed by atoms with van der Waals surface area (Å²) in [6, 6.07) is 17.3. The molecule has 0 saturated carbocycles. The molecule has 0 radical (unpaired) electrons. The second-order valence-electron chi connectivity index (χ2n) is 6.55. The first kappa shape index (κ1) is 15.3. The molecule has 108 valence electrons. The van der Waals surface area contributed by atoms with E-state index in [4.69, 9.17) is 0 Å². The standard InChI is InChI=1S/C21H24/c1-6-17-7-9-18(10-8-17)15-19-11-13-20(14-12-19)16(2)21(3,4)5/h6-14H,1-2,15H2,3-5H3. The van der Waals surface area contributed by atoms with Gasteiger partial charge in [0.2, 0.25) is 0 Å². The van der Waals surface area contributed by atoms with Gasteiger partial charge in [0.1, 0.15) is 0 Å². The van der Waals surface area contributed by atoms with E-state index < -0.39 is 0 Å². The summed E-state index contributed by atoms with van der Waals surface area (Å²) in [5.74, 6) is 0. The molecule has 0 nitrogen and oxygen atoms in total. The van der Waals surface area contributed by atoms with Crippen molar-refractivity contribution in [2.45, 2.75) is 27.2 Å². The zero-order chi connectivity index (χ0) is 15.5. The van der Waals surface area contributed by atoms with Crippen LogP contribution in [0.25, 0.3) is 11.6 Å². The number of benzene rings is 2. The second kappa shape index (κ2) is 6.13. The molecule has 0 saturated heterocycles. The average Bonchev–Trinajstić information content (AvgIpc) is 2.47. The van der Waals surface area contributed by atoms with Gasteiger partial charge in [-0.05, 0) is 39.7 Å². The minimum absolute atomic E-state index is 0.113. The maximum absolute atomic E-state index is 4.22. The van der Waals surface area contributed by atoms with Crippen LogP contribution in [0.15, 0.2) is 61.7 Å². The van der Waals surface area contributed by atoms with Crippen molar-refractivity contribution in [3.63, 3.8) is 0 Å². The molecule has 0 aliphatic carbocycles. The summed E-state index contributed by atoms with van der Waals surface area (Å²) >= 11 is 0. The van der Waals surface area contributed by atoms with E-state index in [1.165, 1.54) is 22.3 Å². The first-order valence-electron chi connectivity index (χ1n) is 7.40. The van der Waals surface area contributed by atoms with Gasteiger partial charge >= 0.3 is 0 Å². The van der Waals surface area contributed by atoms with Crippen molar-refractivity contribution in [1.82, 2.24) is 0 Å². The minimum Gasteiger partial charge on any atom is -0.0985 e. The molecule has 0 spiro atoms. The van der Waals surface area contributed by atoms with Crippen molar-refractivity contribution in [1.29, 1.82) is 0 Å². The Morgan fingerprint density at radius 2 is 1.38 bits per heavy atom. The average molecular weight is 276 g/mol. The Hall–Kier alpha value is -2.08. The Bertz CT molecular complexity index is 619. The number of hydrogen-bond acceptors (Lipinski definition) is 0. The van der Waals surface area contributed by atoms with Crippen LogP contribution in [0.4, 0.5) is 0 Å². The van der Waals surface area contributed by atoms with Crippen molar-refractivity contribution in [3.8, 4) is 0 Å². The highest BCUT2D eigenvalue weighted by Crippen LogP contribution is 2.32. The first-order chi connectivity index (χ1) is 9.90. The highest BCUT2D eigenvalue weighted by atomic mass is 14.2. The molecule has 0 heteroatoms. The van der Waals surface area contributed by atoms with Gasteiger partial charge in [0.25, 0.3) is 0 Å². The fourth-order valence-corrected chi connectivity index (χ4v) is 2.26. The van der Waals surface area contributed by atoms with Crippen LogP contribution < -0.4 is 0 Å². The van der Waals surface area contributed by atoms with Gasteiger partial charge in [-0.25, -0.2) is 0 Å². The lowest BCUT2D eigenvalue weighted by Gasteiger charge is -2.22. The van der Waals surface area contributed by atoms with Crippen LogP contribution >= 0.6 is 0 Å². The van der Waals surface area contributed by atoms with E-state index in [0.717, 1.165) is 12.0 Å². The van der Waals surface area contributed by atoms with Gasteiger partial charge < -0.3 is 0 Å². The van der Waals surface area contributed by atoms with Gasteiger partial charge in [-0.1, -0.05) is 88.5 Å². The molecule has 2 rings (SSSR count). The quantitative estimate of drug-likeness (QED) is 0.644. The molecule has 0 aromatic heterocycles. The van der Waals surface area contributed by atoms with Crippen molar-refractivity contribution < 1.29 is 0 Å². The Labute approximate surface area is 128 Å². The highest BCUT2D eigenvalue weighted by Gasteiger charge is 2.16. The van der Waals surface area contributed by atoms with Gasteiger partial charge in [0.05, 0.1) is 0 Å². The summed E-state index contributed by atoms with van der Waals surface area (Å²) < 4.78 is 0. The smallest absolute Gasteiger partial charge is 0.00258 e. The lowest BCUT2D eigenvalue weighted by atomic mass is 9.83. The van der Waals surface area contributed by atoms with Crippen LogP contribution in [-0.2, 0) is 6.42 Å². The second-order valence-corrected chi connectivity index (χ2v) is 6.55. The molecule has 0 N–H and O–H groups in total. The zero-order valence-corrected chi connectivity index (χ0v) is 13.3. The molecule has 0 amide bonds. The van der Waals surface area contributed by atoms with Gasteiger partial charge in [0.15, 0.2) is 0 Å². The molecular weight excluding hydrogens is 252 g/mol. The number of rotatable bonds is 4. The molecular formula is C21H24. The summed E-state index contributed by atoms with van der Waals surface area (Å²) in [6.45, 7) is 14.6. The van der Waals surface area contributed by atoms with Crippen LogP contribution in [-0.4, -0.2) is 0 Å². The Morgan fingerprint density at radius 3 is 1.81 bits per heavy atom. The van der Waals surface area contributed by atoms with Crippen molar-refractivity contribution in [2.24, 2.45) is 5.41 Å². The van der Waals surface area contributed by atoms with Crippen LogP contribution in [0.2, 0.25) is 0 Å². The van der Waals surface area contributed by atoms with E-state index in [9.17, 15) is 0 Å². The minimum atomic E-state index is 0.113. The highest BCUT2D eigenvalue weighted by molar-refractivity contribution is 5.67. The number of allylic oxidation sites excluding steroid dienone is 1. The van der Waals surface area contributed by atoms with Gasteiger partial charge in [-0.2, -0.15) is 0 Å². The molecule has 0 fully saturated rings. The molecule has 0 aliphatic rings. The van der Waals surface area contributed by atoms with Gasteiger partial charge in [-0.15, -0.1) is 0 Å². The van der Waals surface area contributed by atoms with Crippen LogP contribution in [0.3, 0.4) is 0 Å². The molecule has 0 unspecified atom stereocenters. The molecule has 21 heavy (non-hydrogen) atoms. The Balaban J connectivity index is 2.12. The first-order valence-corrected chi connectivity index (χ1v) is 7.40. The van der Waals surface area contributed by atoms with Crippen LogP contribution in [0.5, 0.6) is 0 Å². The number of hydrogen-bond donors (Lipinski definition) is 0. The maximum Gasteiger partial charge on any atom is -0.00258 e. The van der Waals surface area contributed by atoms with Gasteiger partial charge in [0, 0.05) is 0 Å². The fraction of sp³-hybridized carbons (Fsp3) is 0.238. The van der Waals surface area contributed by atoms with E-state index in [1.807, 2.05) is 6.08 Å². The zero-order valence-electron chi connectivity index (χ0n) is 13.3. The van der Waals surface area contributed by atoms with Crippen molar-refractivity contribution >= 4 is 11.6 Å². The predicted octanol–water partition coefficient (Wildman–Crippen LogP) is 5.98. The topological polar surface area (TPSA) is 0 Å². The molecule has 0 heterocycles. The summed E-state index contributed by atoms with van der Waals surface area (Å²) in [7, 11) is 0. The molecule has 2 aromatic rings. The van der Waals surface area contributed by atoms with Crippen molar-refractivity contribution in [3.05, 3.63) is 83.9 Å². The summed E-state index contributed by atoms with van der Waals surface area (Å²) in [4.78, 5) is 0. The summed E-state index contributed by atoms with van der Waals surface area (Å²) in [5.41, 5.74) is 6.34. The lowest BCUT2D eigenvalue weighted by Crippen LogP contribution is -2.07. The predicted molar refractivity (Wildman–Crippen MR) is 94.3 cm³/mol. The molecule has 2 aromatic carbocycles. The lowest BCUT2D eigenvalue weighted by molar-refractivity contribution is 0.568.